The summed E-state index contributed by atoms with van der Waals surface area (Å²) in [6, 6.07) is 0. The number of rotatable bonds is 11. The highest BCUT2D eigenvalue weighted by Crippen LogP contribution is 2.09. The Morgan fingerprint density at radius 3 is 2.12 bits per heavy atom. The Balaban J connectivity index is 3.19. The lowest BCUT2D eigenvalue weighted by Gasteiger charge is -2.04. The standard InChI is InChI=1S/C11H24O5S/c1-11(12)9-7-5-3-4-6-8-10-16-17(13,14)15-2/h11-12H,3-10H2,1-2H3. The minimum atomic E-state index is -3.76. The van der Waals surface area contributed by atoms with Gasteiger partial charge in [-0.1, -0.05) is 32.1 Å². The van der Waals surface area contributed by atoms with Crippen molar-refractivity contribution < 1.29 is 21.9 Å². The third-order valence-electron chi connectivity index (χ3n) is 2.45. The molecule has 0 rings (SSSR count). The highest BCUT2D eigenvalue weighted by Gasteiger charge is 2.07. The molecule has 0 aromatic rings. The van der Waals surface area contributed by atoms with Gasteiger partial charge in [0.15, 0.2) is 0 Å². The summed E-state index contributed by atoms with van der Waals surface area (Å²) < 4.78 is 30.2. The normalized spacial score (nSPS) is 13.8. The predicted octanol–water partition coefficient (Wildman–Crippen LogP) is 2.01. The molecule has 1 atom stereocenters. The quantitative estimate of drug-likeness (QED) is 0.580. The van der Waals surface area contributed by atoms with Crippen LogP contribution >= 0.6 is 0 Å². The van der Waals surface area contributed by atoms with Crippen molar-refractivity contribution >= 4 is 10.4 Å². The summed E-state index contributed by atoms with van der Waals surface area (Å²) in [5, 5.41) is 9.04. The Labute approximate surface area is 104 Å². The number of aliphatic hydroxyl groups excluding tert-OH is 1. The third-order valence-corrected chi connectivity index (χ3v) is 3.31. The lowest BCUT2D eigenvalue weighted by molar-refractivity contribution is 0.180. The smallest absolute Gasteiger partial charge is 0.393 e. The summed E-state index contributed by atoms with van der Waals surface area (Å²) in [7, 11) is -2.68. The van der Waals surface area contributed by atoms with E-state index >= 15 is 0 Å². The van der Waals surface area contributed by atoms with Crippen molar-refractivity contribution in [3.8, 4) is 0 Å². The fourth-order valence-corrected chi connectivity index (χ4v) is 1.88. The van der Waals surface area contributed by atoms with Crippen LogP contribution in [-0.4, -0.2) is 33.3 Å². The minimum Gasteiger partial charge on any atom is -0.393 e. The van der Waals surface area contributed by atoms with E-state index < -0.39 is 10.4 Å². The molecule has 0 amide bonds. The Morgan fingerprint density at radius 2 is 1.59 bits per heavy atom. The Kier molecular flexibility index (Phi) is 9.72. The molecule has 1 unspecified atom stereocenters. The number of aliphatic hydroxyl groups is 1. The van der Waals surface area contributed by atoms with Crippen LogP contribution in [0.2, 0.25) is 0 Å². The van der Waals surface area contributed by atoms with Crippen molar-refractivity contribution in [1.29, 1.82) is 0 Å². The van der Waals surface area contributed by atoms with E-state index in [9.17, 15) is 8.42 Å². The highest BCUT2D eigenvalue weighted by atomic mass is 32.3. The van der Waals surface area contributed by atoms with E-state index in [4.69, 9.17) is 5.11 Å². The Hall–Kier alpha value is -0.170. The molecule has 104 valence electrons. The summed E-state index contributed by atoms with van der Waals surface area (Å²) >= 11 is 0. The molecule has 0 aliphatic heterocycles. The predicted molar refractivity (Wildman–Crippen MR) is 65.9 cm³/mol. The molecule has 0 aliphatic carbocycles. The molecule has 0 bridgehead atoms. The highest BCUT2D eigenvalue weighted by molar-refractivity contribution is 7.81. The first kappa shape index (κ1) is 16.8. The van der Waals surface area contributed by atoms with Gasteiger partial charge < -0.3 is 5.11 Å². The van der Waals surface area contributed by atoms with Crippen molar-refractivity contribution in [3.05, 3.63) is 0 Å². The molecule has 0 saturated heterocycles. The van der Waals surface area contributed by atoms with Gasteiger partial charge in [-0.2, -0.15) is 8.42 Å². The van der Waals surface area contributed by atoms with Gasteiger partial charge in [0.25, 0.3) is 0 Å². The SMILES string of the molecule is COS(=O)(=O)OCCCCCCCCC(C)O. The molecule has 5 nitrogen and oxygen atoms in total. The van der Waals surface area contributed by atoms with Crippen molar-refractivity contribution in [2.45, 2.75) is 58.0 Å². The van der Waals surface area contributed by atoms with Gasteiger partial charge in [0.1, 0.15) is 0 Å². The first-order valence-corrected chi connectivity index (χ1v) is 7.44. The minimum absolute atomic E-state index is 0.184. The molecule has 0 fully saturated rings. The van der Waals surface area contributed by atoms with Crippen molar-refractivity contribution in [2.24, 2.45) is 0 Å². The molecule has 0 aromatic heterocycles. The first-order chi connectivity index (χ1) is 7.98. The molecule has 0 radical (unpaired) electrons. The molecular formula is C11H24O5S. The van der Waals surface area contributed by atoms with Gasteiger partial charge in [-0.25, -0.2) is 4.18 Å². The van der Waals surface area contributed by atoms with Crippen LogP contribution in [0.4, 0.5) is 0 Å². The molecule has 0 heterocycles. The topological polar surface area (TPSA) is 72.8 Å². The molecular weight excluding hydrogens is 244 g/mol. The van der Waals surface area contributed by atoms with E-state index in [1.165, 1.54) is 0 Å². The largest absolute Gasteiger partial charge is 0.399 e. The monoisotopic (exact) mass is 268 g/mol. The van der Waals surface area contributed by atoms with Crippen LogP contribution in [-0.2, 0) is 18.8 Å². The van der Waals surface area contributed by atoms with Gasteiger partial charge in [-0.3, -0.25) is 4.18 Å². The maximum absolute atomic E-state index is 10.8. The van der Waals surface area contributed by atoms with Crippen LogP contribution in [0.25, 0.3) is 0 Å². The number of unbranched alkanes of at least 4 members (excludes halogenated alkanes) is 5. The second-order valence-electron chi connectivity index (χ2n) is 4.16. The van der Waals surface area contributed by atoms with Gasteiger partial charge in [0.2, 0.25) is 0 Å². The van der Waals surface area contributed by atoms with E-state index in [1.54, 1.807) is 6.92 Å². The average Bonchev–Trinajstić information content (AvgIpc) is 2.26. The van der Waals surface area contributed by atoms with Crippen LogP contribution in [0.3, 0.4) is 0 Å². The fraction of sp³-hybridized carbons (Fsp3) is 1.00. The molecule has 0 aliphatic rings. The lowest BCUT2D eigenvalue weighted by atomic mass is 10.1. The molecule has 0 saturated carbocycles. The maximum Gasteiger partial charge on any atom is 0.399 e. The van der Waals surface area contributed by atoms with Crippen molar-refractivity contribution in [3.63, 3.8) is 0 Å². The summed E-state index contributed by atoms with van der Waals surface area (Å²) in [6.07, 6.45) is 6.67. The summed E-state index contributed by atoms with van der Waals surface area (Å²) in [5.41, 5.74) is 0. The van der Waals surface area contributed by atoms with Gasteiger partial charge in [0, 0.05) is 0 Å². The number of hydrogen-bond acceptors (Lipinski definition) is 5. The zero-order valence-corrected chi connectivity index (χ0v) is 11.5. The molecule has 0 aromatic carbocycles. The van der Waals surface area contributed by atoms with Crippen LogP contribution < -0.4 is 0 Å². The fourth-order valence-electron chi connectivity index (χ4n) is 1.46. The van der Waals surface area contributed by atoms with E-state index in [1.807, 2.05) is 0 Å². The number of hydrogen-bond donors (Lipinski definition) is 1. The van der Waals surface area contributed by atoms with Crippen LogP contribution in [0, 0.1) is 0 Å². The second kappa shape index (κ2) is 9.82. The van der Waals surface area contributed by atoms with E-state index in [0.717, 1.165) is 52.1 Å². The summed E-state index contributed by atoms with van der Waals surface area (Å²) in [5.74, 6) is 0. The zero-order valence-electron chi connectivity index (χ0n) is 10.7. The van der Waals surface area contributed by atoms with Gasteiger partial charge in [-0.05, 0) is 19.8 Å². The van der Waals surface area contributed by atoms with Crippen LogP contribution in [0.5, 0.6) is 0 Å². The zero-order chi connectivity index (χ0) is 13.1. The first-order valence-electron chi connectivity index (χ1n) is 6.11. The Bertz CT molecular complexity index is 261. The molecule has 0 spiro atoms. The molecule has 17 heavy (non-hydrogen) atoms. The van der Waals surface area contributed by atoms with Crippen molar-refractivity contribution in [2.75, 3.05) is 13.7 Å². The van der Waals surface area contributed by atoms with E-state index in [-0.39, 0.29) is 12.7 Å². The van der Waals surface area contributed by atoms with Gasteiger partial charge in [0.05, 0.1) is 19.8 Å². The van der Waals surface area contributed by atoms with Crippen LogP contribution in [0.1, 0.15) is 51.9 Å². The van der Waals surface area contributed by atoms with E-state index in [0.29, 0.717) is 0 Å². The summed E-state index contributed by atoms with van der Waals surface area (Å²) in [4.78, 5) is 0. The molecule has 6 heteroatoms. The second-order valence-corrected chi connectivity index (χ2v) is 5.54. The third kappa shape index (κ3) is 12.1. The Morgan fingerprint density at radius 1 is 1.06 bits per heavy atom. The van der Waals surface area contributed by atoms with Crippen molar-refractivity contribution in [1.82, 2.24) is 0 Å². The van der Waals surface area contributed by atoms with Gasteiger partial charge in [-0.15, -0.1) is 0 Å². The molecule has 1 N–H and O–H groups in total. The summed E-state index contributed by atoms with van der Waals surface area (Å²) in [6.45, 7) is 1.98. The lowest BCUT2D eigenvalue weighted by Crippen LogP contribution is -2.08. The van der Waals surface area contributed by atoms with Crippen LogP contribution in [0.15, 0.2) is 0 Å². The average molecular weight is 268 g/mol. The van der Waals surface area contributed by atoms with Gasteiger partial charge >= 0.3 is 10.4 Å². The maximum atomic E-state index is 10.8. The van der Waals surface area contributed by atoms with E-state index in [2.05, 4.69) is 8.37 Å².